The number of halogens is 1. The van der Waals surface area contributed by atoms with Crippen LogP contribution in [-0.2, 0) is 14.3 Å². The van der Waals surface area contributed by atoms with Gasteiger partial charge in [-0.25, -0.2) is 0 Å². The van der Waals surface area contributed by atoms with E-state index in [1.807, 2.05) is 0 Å². The number of hydrogen-bond donors (Lipinski definition) is 0. The first kappa shape index (κ1) is 13.5. The summed E-state index contributed by atoms with van der Waals surface area (Å²) in [4.78, 5) is 12.0. The Morgan fingerprint density at radius 1 is 1.39 bits per heavy atom. The fraction of sp³-hybridized carbons (Fsp3) is 0.417. The van der Waals surface area contributed by atoms with Crippen LogP contribution in [0.3, 0.4) is 0 Å². The Bertz CT molecular complexity index is 561. The second kappa shape index (κ2) is 4.99. The molecule has 1 fully saturated rings. The first-order chi connectivity index (χ1) is 8.35. The zero-order valence-corrected chi connectivity index (χ0v) is 11.4. The van der Waals surface area contributed by atoms with E-state index < -0.39 is 10.1 Å². The average Bonchev–Trinajstić information content (AvgIpc) is 2.20. The lowest BCUT2D eigenvalue weighted by molar-refractivity contribution is 0.0527. The van der Waals surface area contributed by atoms with Crippen LogP contribution in [-0.4, -0.2) is 26.6 Å². The van der Waals surface area contributed by atoms with Crippen LogP contribution >= 0.6 is 11.6 Å². The Morgan fingerprint density at radius 3 is 2.61 bits per heavy atom. The van der Waals surface area contributed by atoms with Crippen LogP contribution in [0.5, 0.6) is 0 Å². The molecule has 1 aliphatic carbocycles. The Kier molecular flexibility index (Phi) is 3.75. The second-order valence-electron chi connectivity index (χ2n) is 4.47. The Labute approximate surface area is 111 Å². The van der Waals surface area contributed by atoms with Crippen molar-refractivity contribution in [1.29, 1.82) is 0 Å². The van der Waals surface area contributed by atoms with Crippen molar-refractivity contribution < 1.29 is 17.4 Å². The summed E-state index contributed by atoms with van der Waals surface area (Å²) >= 11 is 5.81. The van der Waals surface area contributed by atoms with Gasteiger partial charge in [0.05, 0.1) is 12.4 Å². The molecular weight excluding hydrogens is 276 g/mol. The molecule has 6 heteroatoms. The molecule has 0 amide bonds. The molecule has 0 spiro atoms. The van der Waals surface area contributed by atoms with E-state index in [9.17, 15) is 13.2 Å². The van der Waals surface area contributed by atoms with E-state index in [-0.39, 0.29) is 17.8 Å². The molecule has 1 saturated carbocycles. The molecule has 18 heavy (non-hydrogen) atoms. The van der Waals surface area contributed by atoms with E-state index in [2.05, 4.69) is 0 Å². The summed E-state index contributed by atoms with van der Waals surface area (Å²) < 4.78 is 26.6. The molecule has 98 valence electrons. The molecule has 4 nitrogen and oxygen atoms in total. The highest BCUT2D eigenvalue weighted by Crippen LogP contribution is 2.34. The van der Waals surface area contributed by atoms with Crippen molar-refractivity contribution in [3.8, 4) is 0 Å². The zero-order valence-electron chi connectivity index (χ0n) is 9.80. The second-order valence-corrected chi connectivity index (χ2v) is 6.50. The molecule has 0 bridgehead atoms. The van der Waals surface area contributed by atoms with Gasteiger partial charge in [0.15, 0.2) is 5.78 Å². The molecule has 0 heterocycles. The molecule has 0 aromatic heterocycles. The van der Waals surface area contributed by atoms with Crippen LogP contribution in [0.25, 0.3) is 0 Å². The van der Waals surface area contributed by atoms with Crippen molar-refractivity contribution in [3.63, 3.8) is 0 Å². The highest BCUT2D eigenvalue weighted by atomic mass is 35.5. The Balaban J connectivity index is 1.95. The SMILES string of the molecule is CS(=O)(=O)OC1CC(C(=O)c2cccc(Cl)c2)C1. The molecule has 2 rings (SSSR count). The van der Waals surface area contributed by atoms with Gasteiger partial charge in [-0.05, 0) is 25.0 Å². The molecule has 0 N–H and O–H groups in total. The maximum absolute atomic E-state index is 12.0. The van der Waals surface area contributed by atoms with E-state index in [4.69, 9.17) is 15.8 Å². The number of carbonyl (C=O) groups is 1. The van der Waals surface area contributed by atoms with Gasteiger partial charge in [0.1, 0.15) is 0 Å². The van der Waals surface area contributed by atoms with E-state index >= 15 is 0 Å². The van der Waals surface area contributed by atoms with Crippen LogP contribution in [0.4, 0.5) is 0 Å². The zero-order chi connectivity index (χ0) is 13.3. The third kappa shape index (κ3) is 3.31. The van der Waals surface area contributed by atoms with Gasteiger partial charge in [-0.2, -0.15) is 8.42 Å². The van der Waals surface area contributed by atoms with Gasteiger partial charge in [0.2, 0.25) is 0 Å². The van der Waals surface area contributed by atoms with Crippen LogP contribution in [0.1, 0.15) is 23.2 Å². The fourth-order valence-corrected chi connectivity index (χ4v) is 2.82. The fourth-order valence-electron chi connectivity index (χ4n) is 1.98. The van der Waals surface area contributed by atoms with E-state index in [1.54, 1.807) is 24.3 Å². The van der Waals surface area contributed by atoms with Crippen molar-refractivity contribution in [2.24, 2.45) is 5.92 Å². The van der Waals surface area contributed by atoms with Crippen molar-refractivity contribution in [3.05, 3.63) is 34.9 Å². The summed E-state index contributed by atoms with van der Waals surface area (Å²) in [5.74, 6) is -0.180. The van der Waals surface area contributed by atoms with Gasteiger partial charge in [-0.15, -0.1) is 0 Å². The molecular formula is C12H13ClO4S. The lowest BCUT2D eigenvalue weighted by atomic mass is 9.77. The average molecular weight is 289 g/mol. The van der Waals surface area contributed by atoms with Gasteiger partial charge in [-0.3, -0.25) is 8.98 Å². The van der Waals surface area contributed by atoms with Gasteiger partial charge < -0.3 is 0 Å². The highest BCUT2D eigenvalue weighted by molar-refractivity contribution is 7.86. The van der Waals surface area contributed by atoms with Crippen LogP contribution in [0.15, 0.2) is 24.3 Å². The monoisotopic (exact) mass is 288 g/mol. The van der Waals surface area contributed by atoms with Crippen molar-refractivity contribution in [2.45, 2.75) is 18.9 Å². The van der Waals surface area contributed by atoms with Gasteiger partial charge in [0, 0.05) is 16.5 Å². The highest BCUT2D eigenvalue weighted by Gasteiger charge is 2.37. The lowest BCUT2D eigenvalue weighted by Gasteiger charge is -2.32. The number of benzene rings is 1. The van der Waals surface area contributed by atoms with E-state index in [0.29, 0.717) is 23.4 Å². The molecule has 1 aromatic carbocycles. The minimum absolute atomic E-state index is 0.00847. The molecule has 1 aliphatic rings. The van der Waals surface area contributed by atoms with Gasteiger partial charge in [-0.1, -0.05) is 23.7 Å². The summed E-state index contributed by atoms with van der Waals surface area (Å²) in [6, 6.07) is 6.75. The number of carbonyl (C=O) groups excluding carboxylic acids is 1. The third-order valence-corrected chi connectivity index (χ3v) is 3.74. The van der Waals surface area contributed by atoms with Gasteiger partial charge >= 0.3 is 0 Å². The van der Waals surface area contributed by atoms with Crippen LogP contribution in [0.2, 0.25) is 5.02 Å². The molecule has 1 aromatic rings. The number of ketones is 1. The predicted octanol–water partition coefficient (Wildman–Crippen LogP) is 2.28. The third-order valence-electron chi connectivity index (χ3n) is 2.89. The molecule has 0 aliphatic heterocycles. The Hall–Kier alpha value is -0.910. The normalized spacial score (nSPS) is 23.4. The summed E-state index contributed by atoms with van der Waals surface area (Å²) in [6.07, 6.45) is 1.53. The first-order valence-corrected chi connectivity index (χ1v) is 7.72. The summed E-state index contributed by atoms with van der Waals surface area (Å²) in [5, 5.41) is 0.518. The summed E-state index contributed by atoms with van der Waals surface area (Å²) in [6.45, 7) is 0. The smallest absolute Gasteiger partial charge is 0.264 e. The molecule has 0 unspecified atom stereocenters. The number of hydrogen-bond acceptors (Lipinski definition) is 4. The topological polar surface area (TPSA) is 60.4 Å². The summed E-state index contributed by atoms with van der Waals surface area (Å²) in [5.41, 5.74) is 0.560. The lowest BCUT2D eigenvalue weighted by Crippen LogP contribution is -2.37. The quantitative estimate of drug-likeness (QED) is 0.630. The van der Waals surface area contributed by atoms with Crippen LogP contribution in [0, 0.1) is 5.92 Å². The van der Waals surface area contributed by atoms with E-state index in [0.717, 1.165) is 6.26 Å². The maximum Gasteiger partial charge on any atom is 0.264 e. The predicted molar refractivity (Wildman–Crippen MR) is 68.2 cm³/mol. The number of rotatable bonds is 4. The standard InChI is InChI=1S/C12H13ClO4S/c1-18(15,16)17-11-6-9(7-11)12(14)8-3-2-4-10(13)5-8/h2-5,9,11H,6-7H2,1H3. The van der Waals surface area contributed by atoms with Crippen molar-refractivity contribution >= 4 is 27.5 Å². The Morgan fingerprint density at radius 2 is 2.06 bits per heavy atom. The van der Waals surface area contributed by atoms with Crippen LogP contribution < -0.4 is 0 Å². The van der Waals surface area contributed by atoms with E-state index in [1.165, 1.54) is 0 Å². The minimum atomic E-state index is -3.44. The number of Topliss-reactive ketones (excluding diaryl/α,β-unsaturated/α-hetero) is 1. The molecule has 0 radical (unpaired) electrons. The molecule has 0 saturated heterocycles. The van der Waals surface area contributed by atoms with Crippen molar-refractivity contribution in [1.82, 2.24) is 0 Å². The largest absolute Gasteiger partial charge is 0.294 e. The van der Waals surface area contributed by atoms with Gasteiger partial charge in [0.25, 0.3) is 10.1 Å². The maximum atomic E-state index is 12.0. The molecule has 0 atom stereocenters. The van der Waals surface area contributed by atoms with Crippen molar-refractivity contribution in [2.75, 3.05) is 6.26 Å². The minimum Gasteiger partial charge on any atom is -0.294 e. The first-order valence-electron chi connectivity index (χ1n) is 5.53. The summed E-state index contributed by atoms with van der Waals surface area (Å²) in [7, 11) is -3.44.